The van der Waals surface area contributed by atoms with E-state index in [1.54, 1.807) is 26.0 Å². The molecule has 0 fully saturated rings. The molecular weight excluding hydrogens is 220 g/mol. The van der Waals surface area contributed by atoms with E-state index < -0.39 is 9.84 Å². The van der Waals surface area contributed by atoms with Crippen LogP contribution in [-0.2, 0) is 15.3 Å². The summed E-state index contributed by atoms with van der Waals surface area (Å²) in [5, 5.41) is -0.379. The molecule has 0 spiro atoms. The van der Waals surface area contributed by atoms with Crippen LogP contribution in [0.15, 0.2) is 29.2 Å². The lowest BCUT2D eigenvalue weighted by Gasteiger charge is -2.23. The zero-order chi connectivity index (χ0) is 12.6. The summed E-state index contributed by atoms with van der Waals surface area (Å²) in [6.07, 6.45) is 0. The van der Waals surface area contributed by atoms with Gasteiger partial charge in [0, 0.05) is 0 Å². The Balaban J connectivity index is 3.48. The van der Waals surface area contributed by atoms with Gasteiger partial charge in [-0.3, -0.25) is 0 Å². The summed E-state index contributed by atoms with van der Waals surface area (Å²) >= 11 is 0. The van der Waals surface area contributed by atoms with Gasteiger partial charge in [-0.15, -0.1) is 0 Å². The van der Waals surface area contributed by atoms with Crippen LogP contribution in [0.3, 0.4) is 0 Å². The van der Waals surface area contributed by atoms with Gasteiger partial charge in [0.05, 0.1) is 10.1 Å². The number of rotatable bonds is 2. The molecule has 0 aliphatic rings. The molecule has 1 aromatic carbocycles. The van der Waals surface area contributed by atoms with Crippen LogP contribution >= 0.6 is 0 Å². The van der Waals surface area contributed by atoms with Crippen LogP contribution in [0.1, 0.15) is 40.2 Å². The molecule has 90 valence electrons. The maximum absolute atomic E-state index is 12.2. The number of hydrogen-bond donors (Lipinski definition) is 0. The molecule has 2 nitrogen and oxygen atoms in total. The highest BCUT2D eigenvalue weighted by atomic mass is 32.2. The van der Waals surface area contributed by atoms with Gasteiger partial charge in [-0.1, -0.05) is 39.0 Å². The van der Waals surface area contributed by atoms with Gasteiger partial charge < -0.3 is 0 Å². The van der Waals surface area contributed by atoms with Crippen molar-refractivity contribution in [1.29, 1.82) is 0 Å². The Labute approximate surface area is 98.6 Å². The first-order valence-corrected chi connectivity index (χ1v) is 7.05. The van der Waals surface area contributed by atoms with Gasteiger partial charge in [-0.25, -0.2) is 8.42 Å². The van der Waals surface area contributed by atoms with Crippen molar-refractivity contribution < 1.29 is 8.42 Å². The van der Waals surface area contributed by atoms with Gasteiger partial charge in [-0.2, -0.15) is 0 Å². The lowest BCUT2D eigenvalue weighted by molar-refractivity contribution is 0.558. The van der Waals surface area contributed by atoms with Gasteiger partial charge in [0.2, 0.25) is 0 Å². The molecule has 0 radical (unpaired) electrons. The number of sulfone groups is 1. The summed E-state index contributed by atoms with van der Waals surface area (Å²) in [4.78, 5) is 0.470. The first kappa shape index (κ1) is 13.2. The third-order valence-electron chi connectivity index (χ3n) is 2.62. The summed E-state index contributed by atoms with van der Waals surface area (Å²) in [5.74, 6) is 0. The zero-order valence-electron chi connectivity index (χ0n) is 10.6. The van der Waals surface area contributed by atoms with Crippen LogP contribution in [-0.4, -0.2) is 13.7 Å². The molecule has 0 heterocycles. The normalized spacial score (nSPS) is 13.1. The maximum atomic E-state index is 12.2. The molecule has 0 N–H and O–H groups in total. The highest BCUT2D eigenvalue weighted by molar-refractivity contribution is 7.92. The molecule has 0 aliphatic heterocycles. The molecule has 16 heavy (non-hydrogen) atoms. The van der Waals surface area contributed by atoms with E-state index in [2.05, 4.69) is 0 Å². The minimum absolute atomic E-state index is 0.154. The van der Waals surface area contributed by atoms with E-state index in [0.29, 0.717) is 4.90 Å². The van der Waals surface area contributed by atoms with Gasteiger partial charge >= 0.3 is 0 Å². The van der Waals surface area contributed by atoms with Crippen LogP contribution < -0.4 is 0 Å². The number of hydrogen-bond acceptors (Lipinski definition) is 2. The lowest BCUT2D eigenvalue weighted by atomic mass is 9.87. The quantitative estimate of drug-likeness (QED) is 0.795. The van der Waals surface area contributed by atoms with Gasteiger partial charge in [0.25, 0.3) is 0 Å². The van der Waals surface area contributed by atoms with E-state index >= 15 is 0 Å². The topological polar surface area (TPSA) is 34.1 Å². The Morgan fingerprint density at radius 2 is 1.56 bits per heavy atom. The van der Waals surface area contributed by atoms with Crippen molar-refractivity contribution in [2.24, 2.45) is 0 Å². The van der Waals surface area contributed by atoms with Crippen LogP contribution in [0.5, 0.6) is 0 Å². The van der Waals surface area contributed by atoms with E-state index in [0.717, 1.165) is 5.56 Å². The molecule has 1 rings (SSSR count). The zero-order valence-corrected chi connectivity index (χ0v) is 11.4. The Kier molecular flexibility index (Phi) is 3.48. The summed E-state index contributed by atoms with van der Waals surface area (Å²) in [6.45, 7) is 9.52. The largest absolute Gasteiger partial charge is 0.223 e. The van der Waals surface area contributed by atoms with Crippen molar-refractivity contribution >= 4 is 9.84 Å². The predicted octanol–water partition coefficient (Wildman–Crippen LogP) is 3.17. The summed E-state index contributed by atoms with van der Waals surface area (Å²) in [5.41, 5.74) is 0.738. The molecule has 0 unspecified atom stereocenters. The van der Waals surface area contributed by atoms with Crippen molar-refractivity contribution in [1.82, 2.24) is 0 Å². The minimum atomic E-state index is -3.19. The second-order valence-corrected chi connectivity index (χ2v) is 7.81. The van der Waals surface area contributed by atoms with Crippen molar-refractivity contribution in [3.8, 4) is 0 Å². The Morgan fingerprint density at radius 1 is 1.06 bits per heavy atom. The van der Waals surface area contributed by atoms with Crippen molar-refractivity contribution in [3.05, 3.63) is 29.8 Å². The molecule has 1 aromatic rings. The SMILES string of the molecule is CC(C)S(=O)(=O)c1ccccc1C(C)(C)C. The van der Waals surface area contributed by atoms with Crippen LogP contribution in [0.25, 0.3) is 0 Å². The lowest BCUT2D eigenvalue weighted by Crippen LogP contribution is -2.21. The van der Waals surface area contributed by atoms with E-state index in [9.17, 15) is 8.42 Å². The monoisotopic (exact) mass is 240 g/mol. The van der Waals surface area contributed by atoms with E-state index in [4.69, 9.17) is 0 Å². The predicted molar refractivity (Wildman–Crippen MR) is 67.5 cm³/mol. The average molecular weight is 240 g/mol. The summed E-state index contributed by atoms with van der Waals surface area (Å²) < 4.78 is 24.4. The summed E-state index contributed by atoms with van der Waals surface area (Å²) in [6, 6.07) is 7.27. The van der Waals surface area contributed by atoms with Gasteiger partial charge in [0.1, 0.15) is 0 Å². The van der Waals surface area contributed by atoms with Gasteiger partial charge in [0.15, 0.2) is 9.84 Å². The third kappa shape index (κ3) is 2.46. The van der Waals surface area contributed by atoms with Crippen molar-refractivity contribution in [3.63, 3.8) is 0 Å². The molecule has 0 saturated carbocycles. The Bertz CT molecular complexity index is 465. The smallest absolute Gasteiger partial charge is 0.180 e. The molecule has 0 saturated heterocycles. The molecule has 0 bridgehead atoms. The minimum Gasteiger partial charge on any atom is -0.223 e. The molecule has 0 aliphatic carbocycles. The van der Waals surface area contributed by atoms with Crippen LogP contribution in [0.4, 0.5) is 0 Å². The highest BCUT2D eigenvalue weighted by Crippen LogP contribution is 2.30. The second-order valence-electron chi connectivity index (χ2n) is 5.34. The van der Waals surface area contributed by atoms with Crippen LogP contribution in [0.2, 0.25) is 0 Å². The first-order valence-electron chi connectivity index (χ1n) is 5.51. The molecule has 0 amide bonds. The molecule has 0 aromatic heterocycles. The van der Waals surface area contributed by atoms with Gasteiger partial charge in [-0.05, 0) is 30.9 Å². The van der Waals surface area contributed by atoms with E-state index in [1.165, 1.54) is 0 Å². The summed E-state index contributed by atoms with van der Waals surface area (Å²) in [7, 11) is -3.19. The van der Waals surface area contributed by atoms with Crippen LogP contribution in [0, 0.1) is 0 Å². The first-order chi connectivity index (χ1) is 7.17. The standard InChI is InChI=1S/C13H20O2S/c1-10(2)16(14,15)12-9-7-6-8-11(12)13(3,4)5/h6-10H,1-5H3. The Hall–Kier alpha value is -0.830. The highest BCUT2D eigenvalue weighted by Gasteiger charge is 2.27. The van der Waals surface area contributed by atoms with E-state index in [-0.39, 0.29) is 10.7 Å². The fourth-order valence-electron chi connectivity index (χ4n) is 1.59. The fraction of sp³-hybridized carbons (Fsp3) is 0.538. The number of benzene rings is 1. The molecule has 3 heteroatoms. The van der Waals surface area contributed by atoms with Crippen molar-refractivity contribution in [2.75, 3.05) is 0 Å². The maximum Gasteiger partial charge on any atom is 0.180 e. The molecule has 0 atom stereocenters. The molecular formula is C13H20O2S. The second kappa shape index (κ2) is 4.21. The average Bonchev–Trinajstić information content (AvgIpc) is 2.16. The van der Waals surface area contributed by atoms with Crippen molar-refractivity contribution in [2.45, 2.75) is 50.2 Å². The third-order valence-corrected chi connectivity index (χ3v) is 4.83. The Morgan fingerprint density at radius 3 is 2.00 bits per heavy atom. The van der Waals surface area contributed by atoms with E-state index in [1.807, 2.05) is 32.9 Å². The fourth-order valence-corrected chi connectivity index (χ4v) is 3.05.